The molecular formula is C31H25N3O5S2. The van der Waals surface area contributed by atoms with E-state index in [4.69, 9.17) is 4.74 Å². The highest BCUT2D eigenvalue weighted by Gasteiger charge is 2.45. The summed E-state index contributed by atoms with van der Waals surface area (Å²) in [5, 5.41) is 19.7. The normalized spacial score (nSPS) is 15.1. The number of methoxy groups -OCH3 is 1. The van der Waals surface area contributed by atoms with Crippen molar-refractivity contribution in [3.05, 3.63) is 124 Å². The Balaban J connectivity index is 1.47. The minimum Gasteiger partial charge on any atom is -0.503 e. The summed E-state index contributed by atoms with van der Waals surface area (Å²) < 4.78 is 5.42. The van der Waals surface area contributed by atoms with Crippen LogP contribution in [0.3, 0.4) is 0 Å². The molecule has 1 atom stereocenters. The summed E-state index contributed by atoms with van der Waals surface area (Å²) in [6.45, 7) is 2.03. The van der Waals surface area contributed by atoms with Crippen LogP contribution in [0, 0.1) is 6.92 Å². The molecule has 0 spiro atoms. The lowest BCUT2D eigenvalue weighted by atomic mass is 9.95. The Morgan fingerprint density at radius 2 is 1.73 bits per heavy atom. The number of aromatic nitrogens is 2. The van der Waals surface area contributed by atoms with Crippen LogP contribution in [0.4, 0.5) is 5.13 Å². The topological polar surface area (TPSA) is 110 Å². The van der Waals surface area contributed by atoms with Crippen molar-refractivity contribution in [1.82, 2.24) is 10.2 Å². The number of rotatable bonds is 9. The van der Waals surface area contributed by atoms with Crippen molar-refractivity contribution in [3.63, 3.8) is 0 Å². The van der Waals surface area contributed by atoms with Crippen molar-refractivity contribution in [1.29, 1.82) is 0 Å². The Hall–Kier alpha value is -4.54. The molecule has 1 unspecified atom stereocenters. The number of aliphatic hydroxyl groups excluding tert-OH is 1. The van der Waals surface area contributed by atoms with E-state index in [9.17, 15) is 19.5 Å². The van der Waals surface area contributed by atoms with Crippen LogP contribution in [0.5, 0.6) is 0 Å². The second kappa shape index (κ2) is 12.3. The number of ether oxygens (including phenoxy) is 1. The minimum atomic E-state index is -0.981. The van der Waals surface area contributed by atoms with Gasteiger partial charge in [-0.3, -0.25) is 14.5 Å². The van der Waals surface area contributed by atoms with E-state index < -0.39 is 29.5 Å². The molecule has 0 bridgehead atoms. The average molecular weight is 584 g/mol. The zero-order valence-electron chi connectivity index (χ0n) is 22.2. The van der Waals surface area contributed by atoms with E-state index in [1.807, 2.05) is 61.5 Å². The number of hydrogen-bond acceptors (Lipinski definition) is 9. The number of anilines is 1. The molecule has 2 heterocycles. The molecule has 0 fully saturated rings. The summed E-state index contributed by atoms with van der Waals surface area (Å²) in [5.41, 5.74) is 3.82. The van der Waals surface area contributed by atoms with Crippen molar-refractivity contribution >= 4 is 52.0 Å². The third-order valence-electron chi connectivity index (χ3n) is 6.43. The van der Waals surface area contributed by atoms with Crippen LogP contribution in [0.1, 0.15) is 38.7 Å². The number of ketones is 1. The van der Waals surface area contributed by atoms with Gasteiger partial charge in [-0.15, -0.1) is 10.2 Å². The minimum absolute atomic E-state index is 0.0861. The van der Waals surface area contributed by atoms with Crippen molar-refractivity contribution in [2.24, 2.45) is 0 Å². The smallest absolute Gasteiger partial charge is 0.337 e. The van der Waals surface area contributed by atoms with E-state index in [0.717, 1.165) is 11.1 Å². The molecule has 3 aromatic carbocycles. The second-order valence-corrected chi connectivity index (χ2v) is 11.4. The number of aliphatic hydroxyl groups is 1. The molecular weight excluding hydrogens is 558 g/mol. The van der Waals surface area contributed by atoms with Crippen LogP contribution in [0.2, 0.25) is 0 Å². The summed E-state index contributed by atoms with van der Waals surface area (Å²) in [4.78, 5) is 40.1. The van der Waals surface area contributed by atoms with Gasteiger partial charge < -0.3 is 9.84 Å². The summed E-state index contributed by atoms with van der Waals surface area (Å²) in [6, 6.07) is 22.8. The molecule has 0 saturated heterocycles. The molecule has 0 radical (unpaired) electrons. The molecule has 0 aliphatic carbocycles. The summed E-state index contributed by atoms with van der Waals surface area (Å²) in [5.74, 6) is -1.79. The van der Waals surface area contributed by atoms with Gasteiger partial charge in [-0.1, -0.05) is 101 Å². The third kappa shape index (κ3) is 6.13. The number of allylic oxidation sites excluding steroid dienone is 1. The molecule has 8 nitrogen and oxygen atoms in total. The first-order valence-corrected chi connectivity index (χ1v) is 14.4. The SMILES string of the molecule is COC(=O)c1ccc(C2C(C(=O)/C=C/c3ccccc3)=C(O)C(=O)N2c2nnc(SCc3ccc(C)cc3)s2)cc1. The Morgan fingerprint density at radius 3 is 2.41 bits per heavy atom. The molecule has 1 aromatic heterocycles. The fraction of sp³-hybridized carbons (Fsp3) is 0.129. The molecule has 206 valence electrons. The largest absolute Gasteiger partial charge is 0.503 e. The molecule has 10 heteroatoms. The first-order valence-electron chi connectivity index (χ1n) is 12.6. The monoisotopic (exact) mass is 583 g/mol. The third-order valence-corrected chi connectivity index (χ3v) is 8.56. The van der Waals surface area contributed by atoms with Crippen LogP contribution >= 0.6 is 23.1 Å². The molecule has 4 aromatic rings. The van der Waals surface area contributed by atoms with Crippen LogP contribution < -0.4 is 4.90 Å². The highest BCUT2D eigenvalue weighted by atomic mass is 32.2. The van der Waals surface area contributed by atoms with Crippen LogP contribution in [-0.2, 0) is 20.1 Å². The predicted octanol–water partition coefficient (Wildman–Crippen LogP) is 6.11. The predicted molar refractivity (Wildman–Crippen MR) is 159 cm³/mol. The fourth-order valence-electron chi connectivity index (χ4n) is 4.30. The number of amides is 1. The number of esters is 1. The van der Waals surface area contributed by atoms with Gasteiger partial charge in [-0.25, -0.2) is 4.79 Å². The zero-order valence-corrected chi connectivity index (χ0v) is 23.8. The number of hydrogen-bond donors (Lipinski definition) is 1. The van der Waals surface area contributed by atoms with Crippen LogP contribution in [-0.4, -0.2) is 40.1 Å². The van der Waals surface area contributed by atoms with Gasteiger partial charge in [0.25, 0.3) is 5.91 Å². The number of carbonyl (C=O) groups excluding carboxylic acids is 3. The van der Waals surface area contributed by atoms with Gasteiger partial charge in [0.05, 0.1) is 24.3 Å². The number of benzene rings is 3. The Morgan fingerprint density at radius 1 is 1.02 bits per heavy atom. The Labute approximate surface area is 245 Å². The Bertz CT molecular complexity index is 1650. The first-order chi connectivity index (χ1) is 19.9. The molecule has 1 aliphatic rings. The van der Waals surface area contributed by atoms with Crippen LogP contribution in [0.15, 0.2) is 101 Å². The van der Waals surface area contributed by atoms with Gasteiger partial charge >= 0.3 is 5.97 Å². The maximum absolute atomic E-state index is 13.5. The van der Waals surface area contributed by atoms with Gasteiger partial charge in [0, 0.05) is 5.75 Å². The van der Waals surface area contributed by atoms with Crippen molar-refractivity contribution in [2.75, 3.05) is 12.0 Å². The van der Waals surface area contributed by atoms with Crippen molar-refractivity contribution in [2.45, 2.75) is 23.1 Å². The van der Waals surface area contributed by atoms with E-state index >= 15 is 0 Å². The molecule has 5 rings (SSSR count). The zero-order chi connectivity index (χ0) is 28.9. The standard InChI is InChI=1S/C31H25N3O5S2/c1-19-8-10-21(11-9-19)18-40-31-33-32-30(41-31)34-26(22-13-15-23(16-14-22)29(38)39-2)25(27(36)28(34)37)24(35)17-12-20-6-4-3-5-7-20/h3-17,26,36H,18H2,1-2H3/b17-12+. The highest BCUT2D eigenvalue weighted by Crippen LogP contribution is 2.43. The van der Waals surface area contributed by atoms with E-state index in [1.165, 1.54) is 46.7 Å². The maximum atomic E-state index is 13.5. The fourth-order valence-corrected chi connectivity index (χ4v) is 6.13. The lowest BCUT2D eigenvalue weighted by Gasteiger charge is -2.23. The second-order valence-electron chi connectivity index (χ2n) is 9.19. The molecule has 1 aliphatic heterocycles. The van der Waals surface area contributed by atoms with E-state index in [1.54, 1.807) is 30.3 Å². The molecule has 1 amide bonds. The Kier molecular flexibility index (Phi) is 8.42. The van der Waals surface area contributed by atoms with Crippen molar-refractivity contribution < 1.29 is 24.2 Å². The number of nitrogens with zero attached hydrogens (tertiary/aromatic N) is 3. The van der Waals surface area contributed by atoms with Gasteiger partial charge in [0.2, 0.25) is 5.13 Å². The van der Waals surface area contributed by atoms with Gasteiger partial charge in [-0.2, -0.15) is 0 Å². The quantitative estimate of drug-likeness (QED) is 0.109. The average Bonchev–Trinajstić information content (AvgIpc) is 3.57. The van der Waals surface area contributed by atoms with Crippen LogP contribution in [0.25, 0.3) is 6.08 Å². The molecule has 0 saturated carbocycles. The first kappa shape index (κ1) is 28.0. The number of aryl methyl sites for hydroxylation is 1. The lowest BCUT2D eigenvalue weighted by Crippen LogP contribution is -2.30. The maximum Gasteiger partial charge on any atom is 0.337 e. The van der Waals surface area contributed by atoms with E-state index in [-0.39, 0.29) is 10.7 Å². The number of thioether (sulfide) groups is 1. The van der Waals surface area contributed by atoms with Gasteiger partial charge in [0.1, 0.15) is 0 Å². The van der Waals surface area contributed by atoms with E-state index in [0.29, 0.717) is 21.2 Å². The highest BCUT2D eigenvalue weighted by molar-refractivity contribution is 8.00. The van der Waals surface area contributed by atoms with Gasteiger partial charge in [-0.05, 0) is 41.8 Å². The summed E-state index contributed by atoms with van der Waals surface area (Å²) in [6.07, 6.45) is 2.95. The van der Waals surface area contributed by atoms with Crippen molar-refractivity contribution in [3.8, 4) is 0 Å². The summed E-state index contributed by atoms with van der Waals surface area (Å²) in [7, 11) is 1.29. The van der Waals surface area contributed by atoms with Gasteiger partial charge in [0.15, 0.2) is 15.9 Å². The number of carbonyl (C=O) groups is 3. The van der Waals surface area contributed by atoms with E-state index in [2.05, 4.69) is 10.2 Å². The summed E-state index contributed by atoms with van der Waals surface area (Å²) >= 11 is 2.68. The molecule has 41 heavy (non-hydrogen) atoms. The lowest BCUT2D eigenvalue weighted by molar-refractivity contribution is -0.117. The molecule has 1 N–H and O–H groups in total.